The molecule has 8 aromatic carbocycles. The molecule has 0 N–H and O–H groups in total. The lowest BCUT2D eigenvalue weighted by Crippen LogP contribution is -1.97. The molecule has 0 atom stereocenters. The van der Waals surface area contributed by atoms with E-state index < -0.39 is 0 Å². The molecule has 0 spiro atoms. The number of fused-ring (bicyclic) bond motifs is 9. The predicted molar refractivity (Wildman–Crippen MR) is 201 cm³/mol. The van der Waals surface area contributed by atoms with Crippen molar-refractivity contribution < 1.29 is 0 Å². The molecule has 2 nitrogen and oxygen atoms in total. The lowest BCUT2D eigenvalue weighted by molar-refractivity contribution is 1.19. The van der Waals surface area contributed by atoms with E-state index in [2.05, 4.69) is 158 Å². The summed E-state index contributed by atoms with van der Waals surface area (Å²) in [7, 11) is 0. The molecule has 0 saturated carbocycles. The van der Waals surface area contributed by atoms with Gasteiger partial charge in [-0.1, -0.05) is 140 Å². The standard InChI is InChI=1S/C44H26N2S/c1-2-11-29-25-30(20-19-27(29)9-1)40-26-41(39-17-8-15-37-36-13-5-6-18-42(36)47-43(37)39)46-44(45-40)38-16-7-14-32-34-22-21-28-10-3-4-12-31(28)33(34)23-24-35(32)38/h1-26H. The highest BCUT2D eigenvalue weighted by Gasteiger charge is 2.17. The van der Waals surface area contributed by atoms with Crippen LogP contribution in [-0.2, 0) is 0 Å². The molecule has 0 unspecified atom stereocenters. The van der Waals surface area contributed by atoms with Crippen LogP contribution in [0.1, 0.15) is 0 Å². The van der Waals surface area contributed by atoms with Gasteiger partial charge < -0.3 is 0 Å². The average molecular weight is 615 g/mol. The second kappa shape index (κ2) is 10.3. The second-order valence-electron chi connectivity index (χ2n) is 12.2. The van der Waals surface area contributed by atoms with Gasteiger partial charge >= 0.3 is 0 Å². The van der Waals surface area contributed by atoms with E-state index in [0.717, 1.165) is 39.3 Å². The van der Waals surface area contributed by atoms with Gasteiger partial charge in [0.15, 0.2) is 5.82 Å². The molecular weight excluding hydrogens is 589 g/mol. The molecule has 0 aliphatic carbocycles. The smallest absolute Gasteiger partial charge is 0.161 e. The number of hydrogen-bond donors (Lipinski definition) is 0. The highest BCUT2D eigenvalue weighted by molar-refractivity contribution is 7.26. The van der Waals surface area contributed by atoms with E-state index >= 15 is 0 Å². The second-order valence-corrected chi connectivity index (χ2v) is 13.2. The average Bonchev–Trinajstić information content (AvgIpc) is 3.53. The molecule has 2 heterocycles. The van der Waals surface area contributed by atoms with Crippen molar-refractivity contribution in [1.29, 1.82) is 0 Å². The van der Waals surface area contributed by atoms with E-state index in [-0.39, 0.29) is 0 Å². The Hall–Kier alpha value is -5.90. The zero-order valence-electron chi connectivity index (χ0n) is 25.3. The van der Waals surface area contributed by atoms with Crippen LogP contribution in [0.15, 0.2) is 158 Å². The normalized spacial score (nSPS) is 11.8. The monoisotopic (exact) mass is 614 g/mol. The molecule has 0 aliphatic rings. The van der Waals surface area contributed by atoms with E-state index in [9.17, 15) is 0 Å². The number of aromatic nitrogens is 2. The largest absolute Gasteiger partial charge is 0.228 e. The summed E-state index contributed by atoms with van der Waals surface area (Å²) in [6.07, 6.45) is 0. The summed E-state index contributed by atoms with van der Waals surface area (Å²) in [5, 5.41) is 12.3. The molecule has 0 aliphatic heterocycles. The molecule has 0 fully saturated rings. The Balaban J connectivity index is 1.25. The van der Waals surface area contributed by atoms with Crippen molar-refractivity contribution in [2.75, 3.05) is 0 Å². The van der Waals surface area contributed by atoms with Gasteiger partial charge in [-0.3, -0.25) is 0 Å². The third-order valence-electron chi connectivity index (χ3n) is 9.48. The molecule has 3 heteroatoms. The summed E-state index contributed by atoms with van der Waals surface area (Å²) in [5.41, 5.74) is 5.09. The van der Waals surface area contributed by atoms with Crippen LogP contribution in [0.4, 0.5) is 0 Å². The van der Waals surface area contributed by atoms with Gasteiger partial charge in [0.05, 0.1) is 11.4 Å². The van der Waals surface area contributed by atoms with Gasteiger partial charge in [0, 0.05) is 36.9 Å². The number of nitrogens with zero attached hydrogens (tertiary/aromatic N) is 2. The Morgan fingerprint density at radius 3 is 1.89 bits per heavy atom. The maximum Gasteiger partial charge on any atom is 0.161 e. The maximum absolute atomic E-state index is 5.36. The quantitative estimate of drug-likeness (QED) is 0.185. The summed E-state index contributed by atoms with van der Waals surface area (Å²) in [6, 6.07) is 56.7. The first-order valence-corrected chi connectivity index (χ1v) is 16.7. The first-order chi connectivity index (χ1) is 23.3. The molecule has 218 valence electrons. The van der Waals surface area contributed by atoms with Crippen molar-refractivity contribution >= 4 is 74.6 Å². The van der Waals surface area contributed by atoms with Gasteiger partial charge in [-0.05, 0) is 61.3 Å². The molecular formula is C44H26N2S. The van der Waals surface area contributed by atoms with Crippen LogP contribution in [0.2, 0.25) is 0 Å². The Morgan fingerprint density at radius 1 is 0.362 bits per heavy atom. The first kappa shape index (κ1) is 26.3. The molecule has 47 heavy (non-hydrogen) atoms. The van der Waals surface area contributed by atoms with Crippen molar-refractivity contribution in [3.8, 4) is 33.9 Å². The summed E-state index contributed by atoms with van der Waals surface area (Å²) < 4.78 is 2.53. The van der Waals surface area contributed by atoms with Crippen molar-refractivity contribution in [1.82, 2.24) is 9.97 Å². The van der Waals surface area contributed by atoms with Crippen LogP contribution in [0.5, 0.6) is 0 Å². The zero-order valence-corrected chi connectivity index (χ0v) is 26.1. The highest BCUT2D eigenvalue weighted by atomic mass is 32.1. The van der Waals surface area contributed by atoms with Crippen molar-refractivity contribution in [3.05, 3.63) is 158 Å². The predicted octanol–water partition coefficient (Wildman–Crippen LogP) is 12.5. The fourth-order valence-corrected chi connectivity index (χ4v) is 8.43. The van der Waals surface area contributed by atoms with E-state index in [1.165, 1.54) is 57.9 Å². The molecule has 10 rings (SSSR count). The number of benzene rings is 8. The molecule has 2 aromatic heterocycles. The van der Waals surface area contributed by atoms with E-state index in [1.807, 2.05) is 11.3 Å². The zero-order chi connectivity index (χ0) is 30.9. The molecule has 0 saturated heterocycles. The van der Waals surface area contributed by atoms with Crippen LogP contribution in [0.3, 0.4) is 0 Å². The lowest BCUT2D eigenvalue weighted by Gasteiger charge is -2.13. The third-order valence-corrected chi connectivity index (χ3v) is 10.7. The van der Waals surface area contributed by atoms with Gasteiger partial charge in [0.1, 0.15) is 0 Å². The van der Waals surface area contributed by atoms with E-state index in [4.69, 9.17) is 9.97 Å². The Morgan fingerprint density at radius 2 is 0.979 bits per heavy atom. The van der Waals surface area contributed by atoms with Crippen LogP contribution >= 0.6 is 11.3 Å². The van der Waals surface area contributed by atoms with Crippen molar-refractivity contribution in [2.24, 2.45) is 0 Å². The fraction of sp³-hybridized carbons (Fsp3) is 0. The Labute approximate surface area is 275 Å². The summed E-state index contributed by atoms with van der Waals surface area (Å²) >= 11 is 1.83. The van der Waals surface area contributed by atoms with Crippen molar-refractivity contribution in [2.45, 2.75) is 0 Å². The summed E-state index contributed by atoms with van der Waals surface area (Å²) in [6.45, 7) is 0. The number of thiophene rings is 1. The Kier molecular flexibility index (Phi) is 5.78. The minimum Gasteiger partial charge on any atom is -0.228 e. The van der Waals surface area contributed by atoms with E-state index in [1.54, 1.807) is 0 Å². The first-order valence-electron chi connectivity index (χ1n) is 15.9. The van der Waals surface area contributed by atoms with Crippen LogP contribution in [-0.4, -0.2) is 9.97 Å². The molecule has 0 bridgehead atoms. The lowest BCUT2D eigenvalue weighted by atomic mass is 9.94. The maximum atomic E-state index is 5.36. The summed E-state index contributed by atoms with van der Waals surface area (Å²) in [4.78, 5) is 10.7. The molecule has 10 aromatic rings. The summed E-state index contributed by atoms with van der Waals surface area (Å²) in [5.74, 6) is 0.731. The van der Waals surface area contributed by atoms with Gasteiger partial charge in [0.25, 0.3) is 0 Å². The van der Waals surface area contributed by atoms with Gasteiger partial charge in [-0.15, -0.1) is 11.3 Å². The molecule has 0 radical (unpaired) electrons. The van der Waals surface area contributed by atoms with Gasteiger partial charge in [-0.2, -0.15) is 0 Å². The number of rotatable bonds is 3. The van der Waals surface area contributed by atoms with Crippen molar-refractivity contribution in [3.63, 3.8) is 0 Å². The SMILES string of the molecule is c1ccc2cc(-c3cc(-c4cccc5c4sc4ccccc45)nc(-c4cccc5c4ccc4c6ccccc6ccc54)n3)ccc2c1. The van der Waals surface area contributed by atoms with Gasteiger partial charge in [0.2, 0.25) is 0 Å². The minimum atomic E-state index is 0.731. The highest BCUT2D eigenvalue weighted by Crippen LogP contribution is 2.41. The Bertz CT molecular complexity index is 2860. The molecule has 0 amide bonds. The van der Waals surface area contributed by atoms with Crippen LogP contribution in [0.25, 0.3) is 97.2 Å². The third kappa shape index (κ3) is 4.17. The van der Waals surface area contributed by atoms with Gasteiger partial charge in [-0.25, -0.2) is 9.97 Å². The topological polar surface area (TPSA) is 25.8 Å². The minimum absolute atomic E-state index is 0.731. The van der Waals surface area contributed by atoms with Crippen LogP contribution < -0.4 is 0 Å². The van der Waals surface area contributed by atoms with Crippen LogP contribution in [0, 0.1) is 0 Å². The van der Waals surface area contributed by atoms with E-state index in [0.29, 0.717) is 0 Å². The fourth-order valence-electron chi connectivity index (χ4n) is 7.20. The number of hydrogen-bond acceptors (Lipinski definition) is 3.